The van der Waals surface area contributed by atoms with Crippen molar-refractivity contribution in [1.29, 1.82) is 0 Å². The summed E-state index contributed by atoms with van der Waals surface area (Å²) >= 11 is 0. The fourth-order valence-corrected chi connectivity index (χ4v) is 1.56. The minimum Gasteiger partial charge on any atom is -0.480 e. The lowest BCUT2D eigenvalue weighted by Gasteiger charge is -2.30. The molecule has 0 aliphatic rings. The van der Waals surface area contributed by atoms with Crippen LogP contribution < -0.4 is 0 Å². The molecule has 6 heteroatoms. The third-order valence-electron chi connectivity index (χ3n) is 3.16. The first-order valence-electron chi connectivity index (χ1n) is 5.64. The summed E-state index contributed by atoms with van der Waals surface area (Å²) < 4.78 is 1.82. The zero-order chi connectivity index (χ0) is 13.3. The van der Waals surface area contributed by atoms with Crippen LogP contribution in [0.5, 0.6) is 0 Å². The largest absolute Gasteiger partial charge is 0.480 e. The maximum atomic E-state index is 11.1. The predicted octanol–water partition coefficient (Wildman–Crippen LogP) is 1.02. The number of fused-ring (bicyclic) bond motifs is 1. The van der Waals surface area contributed by atoms with Gasteiger partial charge < -0.3 is 5.11 Å². The molecule has 96 valence electrons. The Morgan fingerprint density at radius 2 is 2.28 bits per heavy atom. The molecular weight excluding hydrogens is 232 g/mol. The number of aliphatic carboxylic acids is 1. The van der Waals surface area contributed by atoms with Gasteiger partial charge >= 0.3 is 5.97 Å². The molecule has 2 rings (SSSR count). The van der Waals surface area contributed by atoms with Crippen molar-refractivity contribution in [3.05, 3.63) is 30.4 Å². The Hall–Kier alpha value is -1.95. The number of carboxylic acid groups (broad SMARTS) is 1. The van der Waals surface area contributed by atoms with Crippen LogP contribution in [0.15, 0.2) is 24.7 Å². The molecule has 0 atom stereocenters. The molecule has 0 aliphatic carbocycles. The summed E-state index contributed by atoms with van der Waals surface area (Å²) in [6.45, 7) is 3.80. The van der Waals surface area contributed by atoms with E-state index in [1.54, 1.807) is 32.0 Å². The summed E-state index contributed by atoms with van der Waals surface area (Å²) in [5.41, 5.74) is -0.131. The molecule has 0 saturated heterocycles. The van der Waals surface area contributed by atoms with E-state index >= 15 is 0 Å². The summed E-state index contributed by atoms with van der Waals surface area (Å²) in [5, 5.41) is 9.15. The van der Waals surface area contributed by atoms with Gasteiger partial charge in [-0.2, -0.15) is 0 Å². The molecule has 2 heterocycles. The fourth-order valence-electron chi connectivity index (χ4n) is 1.56. The average molecular weight is 248 g/mol. The minimum atomic E-state index is -0.927. The number of aromatic nitrogens is 3. The lowest BCUT2D eigenvalue weighted by Crippen LogP contribution is -2.47. The van der Waals surface area contributed by atoms with Crippen molar-refractivity contribution in [3.63, 3.8) is 0 Å². The van der Waals surface area contributed by atoms with Crippen LogP contribution in [0.3, 0.4) is 0 Å². The number of carboxylic acids is 1. The SMILES string of the molecule is CN(Cc1cn2cccnc2n1)C(C)(C)C(=O)O. The van der Waals surface area contributed by atoms with Gasteiger partial charge in [0.15, 0.2) is 0 Å². The van der Waals surface area contributed by atoms with E-state index in [1.807, 2.05) is 22.9 Å². The van der Waals surface area contributed by atoms with Crippen LogP contribution in [0, 0.1) is 0 Å². The highest BCUT2D eigenvalue weighted by molar-refractivity contribution is 5.77. The first-order chi connectivity index (χ1) is 8.41. The van der Waals surface area contributed by atoms with E-state index < -0.39 is 11.5 Å². The molecule has 0 aromatic carbocycles. The van der Waals surface area contributed by atoms with Gasteiger partial charge in [0.2, 0.25) is 5.78 Å². The maximum Gasteiger partial charge on any atom is 0.323 e. The molecule has 2 aromatic rings. The van der Waals surface area contributed by atoms with Crippen molar-refractivity contribution in [3.8, 4) is 0 Å². The molecule has 1 N–H and O–H groups in total. The monoisotopic (exact) mass is 248 g/mol. The molecule has 0 spiro atoms. The van der Waals surface area contributed by atoms with E-state index in [9.17, 15) is 4.79 Å². The van der Waals surface area contributed by atoms with Gasteiger partial charge in [-0.25, -0.2) is 9.97 Å². The van der Waals surface area contributed by atoms with Crippen molar-refractivity contribution in [2.45, 2.75) is 25.9 Å². The van der Waals surface area contributed by atoms with Crippen LogP contribution in [0.4, 0.5) is 0 Å². The zero-order valence-electron chi connectivity index (χ0n) is 10.7. The van der Waals surface area contributed by atoms with Crippen LogP contribution in [-0.2, 0) is 11.3 Å². The Balaban J connectivity index is 2.21. The molecule has 0 bridgehead atoms. The van der Waals surface area contributed by atoms with Crippen molar-refractivity contribution < 1.29 is 9.90 Å². The van der Waals surface area contributed by atoms with Gasteiger partial charge in [-0.3, -0.25) is 14.1 Å². The third kappa shape index (κ3) is 2.19. The van der Waals surface area contributed by atoms with Crippen LogP contribution in [0.1, 0.15) is 19.5 Å². The Morgan fingerprint density at radius 3 is 2.89 bits per heavy atom. The van der Waals surface area contributed by atoms with Gasteiger partial charge in [0.1, 0.15) is 5.54 Å². The molecule has 2 aromatic heterocycles. The quantitative estimate of drug-likeness (QED) is 0.874. The second-order valence-corrected chi connectivity index (χ2v) is 4.78. The average Bonchev–Trinajstić information content (AvgIpc) is 2.70. The van der Waals surface area contributed by atoms with E-state index in [4.69, 9.17) is 5.11 Å². The van der Waals surface area contributed by atoms with Crippen LogP contribution in [0.2, 0.25) is 0 Å². The molecule has 0 amide bonds. The fraction of sp³-hybridized carbons (Fsp3) is 0.417. The summed E-state index contributed by atoms with van der Waals surface area (Å²) in [6, 6.07) is 1.82. The van der Waals surface area contributed by atoms with E-state index in [0.717, 1.165) is 5.69 Å². The highest BCUT2D eigenvalue weighted by Gasteiger charge is 2.32. The molecule has 0 unspecified atom stereocenters. The Labute approximate surface area is 105 Å². The molecule has 0 radical (unpaired) electrons. The van der Waals surface area contributed by atoms with E-state index in [-0.39, 0.29) is 0 Å². The van der Waals surface area contributed by atoms with Gasteiger partial charge in [0.25, 0.3) is 0 Å². The second kappa shape index (κ2) is 4.38. The summed E-state index contributed by atoms with van der Waals surface area (Å²) in [5.74, 6) is -0.235. The number of carbonyl (C=O) groups is 1. The number of imidazole rings is 1. The van der Waals surface area contributed by atoms with Crippen molar-refractivity contribution in [2.24, 2.45) is 0 Å². The van der Waals surface area contributed by atoms with E-state index in [1.165, 1.54) is 0 Å². The Bertz CT molecular complexity index is 543. The van der Waals surface area contributed by atoms with E-state index in [2.05, 4.69) is 9.97 Å². The molecule has 0 aliphatic heterocycles. The van der Waals surface area contributed by atoms with Crippen LogP contribution in [-0.4, -0.2) is 42.9 Å². The van der Waals surface area contributed by atoms with E-state index in [0.29, 0.717) is 12.3 Å². The lowest BCUT2D eigenvalue weighted by molar-refractivity contribution is -0.148. The maximum absolute atomic E-state index is 11.1. The number of hydrogen-bond donors (Lipinski definition) is 1. The second-order valence-electron chi connectivity index (χ2n) is 4.78. The summed E-state index contributed by atoms with van der Waals surface area (Å²) in [6.07, 6.45) is 5.40. The third-order valence-corrected chi connectivity index (χ3v) is 3.16. The van der Waals surface area contributed by atoms with Crippen molar-refractivity contribution in [1.82, 2.24) is 19.3 Å². The topological polar surface area (TPSA) is 70.7 Å². The smallest absolute Gasteiger partial charge is 0.323 e. The number of rotatable bonds is 4. The number of nitrogens with zero attached hydrogens (tertiary/aromatic N) is 4. The molecule has 18 heavy (non-hydrogen) atoms. The lowest BCUT2D eigenvalue weighted by atomic mass is 10.0. The Morgan fingerprint density at radius 1 is 1.56 bits per heavy atom. The normalized spacial score (nSPS) is 12.2. The van der Waals surface area contributed by atoms with Crippen LogP contribution >= 0.6 is 0 Å². The first kappa shape index (κ1) is 12.5. The highest BCUT2D eigenvalue weighted by atomic mass is 16.4. The molecular formula is C12H16N4O2. The summed E-state index contributed by atoms with van der Waals surface area (Å²) in [4.78, 5) is 21.4. The molecule has 0 saturated carbocycles. The van der Waals surface area contributed by atoms with Crippen molar-refractivity contribution in [2.75, 3.05) is 7.05 Å². The van der Waals surface area contributed by atoms with Gasteiger partial charge in [-0.1, -0.05) is 0 Å². The summed E-state index contributed by atoms with van der Waals surface area (Å²) in [7, 11) is 1.77. The zero-order valence-corrected chi connectivity index (χ0v) is 10.7. The predicted molar refractivity (Wildman–Crippen MR) is 66.2 cm³/mol. The van der Waals surface area contributed by atoms with Gasteiger partial charge in [-0.05, 0) is 27.0 Å². The minimum absolute atomic E-state index is 0.461. The number of likely N-dealkylation sites (N-methyl/N-ethyl adjacent to an activating group) is 1. The van der Waals surface area contributed by atoms with Crippen molar-refractivity contribution >= 4 is 11.7 Å². The van der Waals surface area contributed by atoms with Gasteiger partial charge in [-0.15, -0.1) is 0 Å². The Kier molecular flexibility index (Phi) is 3.04. The standard InChI is InChI=1S/C12H16N4O2/c1-12(2,10(17)18)15(3)7-9-8-16-6-4-5-13-11(16)14-9/h4-6,8H,7H2,1-3H3,(H,17,18). The van der Waals surface area contributed by atoms with Gasteiger partial charge in [0, 0.05) is 25.1 Å². The molecule has 6 nitrogen and oxygen atoms in total. The first-order valence-corrected chi connectivity index (χ1v) is 5.64. The molecule has 0 fully saturated rings. The highest BCUT2D eigenvalue weighted by Crippen LogP contribution is 2.15. The number of hydrogen-bond acceptors (Lipinski definition) is 4. The van der Waals surface area contributed by atoms with Crippen LogP contribution in [0.25, 0.3) is 5.78 Å². The van der Waals surface area contributed by atoms with Gasteiger partial charge in [0.05, 0.1) is 5.69 Å².